The first-order valence-electron chi connectivity index (χ1n) is 11.1. The Balaban J connectivity index is 2.45. The quantitative estimate of drug-likeness (QED) is 0.397. The van der Waals surface area contributed by atoms with Gasteiger partial charge < -0.3 is 4.74 Å². The molecule has 0 spiro atoms. The molecule has 0 fully saturated rings. The topological polar surface area (TPSA) is 44.1 Å². The predicted octanol–water partition coefficient (Wildman–Crippen LogP) is 7.00. The van der Waals surface area contributed by atoms with Crippen molar-refractivity contribution in [3.63, 3.8) is 0 Å². The number of hydrogen-bond donors (Lipinski definition) is 0. The maximum absolute atomic E-state index is 13.3. The van der Waals surface area contributed by atoms with E-state index in [9.17, 15) is 4.79 Å². The van der Waals surface area contributed by atoms with E-state index >= 15 is 0 Å². The third-order valence-electron chi connectivity index (χ3n) is 5.22. The van der Waals surface area contributed by atoms with Gasteiger partial charge in [-0.3, -0.25) is 4.98 Å². The number of aromatic nitrogens is 2. The van der Waals surface area contributed by atoms with Crippen LogP contribution in [0, 0.1) is 0 Å². The molecule has 0 aliphatic carbocycles. The summed E-state index contributed by atoms with van der Waals surface area (Å²) < 4.78 is 7.56. The van der Waals surface area contributed by atoms with Crippen LogP contribution in [-0.2, 0) is 24.0 Å². The Kier molecular flexibility index (Phi) is 6.64. The highest BCUT2D eigenvalue weighted by molar-refractivity contribution is 6.14. The zero-order chi connectivity index (χ0) is 21.9. The number of nitrogens with zero attached hydrogens (tertiary/aromatic N) is 2. The monoisotopic (exact) mass is 406 g/mol. The van der Waals surface area contributed by atoms with Gasteiger partial charge in [-0.1, -0.05) is 51.0 Å². The molecule has 0 aliphatic heterocycles. The van der Waals surface area contributed by atoms with Gasteiger partial charge in [0.2, 0.25) is 0 Å². The molecular formula is C26H34N2O2. The minimum absolute atomic E-state index is 0.346. The van der Waals surface area contributed by atoms with E-state index in [2.05, 4.69) is 26.5 Å². The van der Waals surface area contributed by atoms with E-state index in [1.807, 2.05) is 45.0 Å². The van der Waals surface area contributed by atoms with Crippen molar-refractivity contribution < 1.29 is 9.53 Å². The SMILES string of the molecule is C=CCCc1nc(CCC)c(CCC)c2c3ccccc3n(C(=O)OC(C)(C)C)c12. The maximum atomic E-state index is 13.3. The van der Waals surface area contributed by atoms with Crippen molar-refractivity contribution in [2.45, 2.75) is 78.7 Å². The van der Waals surface area contributed by atoms with E-state index in [1.54, 1.807) is 4.57 Å². The number of rotatable bonds is 7. The van der Waals surface area contributed by atoms with Gasteiger partial charge in [0.05, 0.1) is 16.7 Å². The number of para-hydroxylation sites is 1. The van der Waals surface area contributed by atoms with Crippen molar-refractivity contribution in [2.24, 2.45) is 0 Å². The Morgan fingerprint density at radius 2 is 1.80 bits per heavy atom. The Labute approximate surface area is 179 Å². The van der Waals surface area contributed by atoms with Crippen LogP contribution < -0.4 is 0 Å². The van der Waals surface area contributed by atoms with Gasteiger partial charge in [-0.25, -0.2) is 9.36 Å². The lowest BCUT2D eigenvalue weighted by Crippen LogP contribution is -2.27. The van der Waals surface area contributed by atoms with Gasteiger partial charge in [0.15, 0.2) is 0 Å². The van der Waals surface area contributed by atoms with Crippen LogP contribution >= 0.6 is 0 Å². The number of hydrogen-bond acceptors (Lipinski definition) is 3. The summed E-state index contributed by atoms with van der Waals surface area (Å²) in [5.74, 6) is 0. The Bertz CT molecular complexity index is 1070. The summed E-state index contributed by atoms with van der Waals surface area (Å²) in [4.78, 5) is 18.5. The van der Waals surface area contributed by atoms with Gasteiger partial charge in [0, 0.05) is 16.5 Å². The first kappa shape index (κ1) is 22.1. The molecule has 30 heavy (non-hydrogen) atoms. The first-order valence-corrected chi connectivity index (χ1v) is 11.1. The highest BCUT2D eigenvalue weighted by Gasteiger charge is 2.26. The molecule has 1 aromatic carbocycles. The highest BCUT2D eigenvalue weighted by Crippen LogP contribution is 2.36. The van der Waals surface area contributed by atoms with Gasteiger partial charge >= 0.3 is 6.09 Å². The summed E-state index contributed by atoms with van der Waals surface area (Å²) in [6.45, 7) is 14.0. The van der Waals surface area contributed by atoms with E-state index in [4.69, 9.17) is 9.72 Å². The molecule has 4 heteroatoms. The lowest BCUT2D eigenvalue weighted by molar-refractivity contribution is 0.0551. The van der Waals surface area contributed by atoms with Crippen LogP contribution in [-0.4, -0.2) is 21.2 Å². The van der Waals surface area contributed by atoms with Crippen molar-refractivity contribution in [2.75, 3.05) is 0 Å². The summed E-state index contributed by atoms with van der Waals surface area (Å²) in [6.07, 6.45) is 7.10. The molecule has 160 valence electrons. The second-order valence-corrected chi connectivity index (χ2v) is 8.87. The van der Waals surface area contributed by atoms with Gasteiger partial charge in [-0.2, -0.15) is 0 Å². The van der Waals surface area contributed by atoms with Crippen molar-refractivity contribution in [1.82, 2.24) is 9.55 Å². The molecule has 0 aliphatic rings. The van der Waals surface area contributed by atoms with Crippen molar-refractivity contribution >= 4 is 27.9 Å². The minimum Gasteiger partial charge on any atom is -0.443 e. The van der Waals surface area contributed by atoms with Gasteiger partial charge in [0.1, 0.15) is 5.60 Å². The molecule has 0 saturated carbocycles. The molecule has 3 aromatic rings. The summed E-state index contributed by atoms with van der Waals surface area (Å²) in [5.41, 5.74) is 4.60. The second-order valence-electron chi connectivity index (χ2n) is 8.87. The summed E-state index contributed by atoms with van der Waals surface area (Å²) in [6, 6.07) is 8.14. The fourth-order valence-electron chi connectivity index (χ4n) is 4.12. The minimum atomic E-state index is -0.572. The highest BCUT2D eigenvalue weighted by atomic mass is 16.6. The van der Waals surface area contributed by atoms with Gasteiger partial charge in [-0.15, -0.1) is 6.58 Å². The standard InChI is InChI=1S/C26H34N2O2/c1-7-10-16-21-24-23(18(13-8-2)20(27-21)14-9-3)19-15-11-12-17-22(19)28(24)25(29)30-26(4,5)6/h7,11-12,15,17H,1,8-10,13-14,16H2,2-6H3. The molecular weight excluding hydrogens is 372 g/mol. The van der Waals surface area contributed by atoms with Crippen LogP contribution in [0.5, 0.6) is 0 Å². The number of benzene rings is 1. The lowest BCUT2D eigenvalue weighted by Gasteiger charge is -2.21. The third kappa shape index (κ3) is 4.28. The molecule has 0 saturated heterocycles. The Hall–Kier alpha value is -2.62. The number of aryl methyl sites for hydroxylation is 3. The van der Waals surface area contributed by atoms with E-state index in [1.165, 1.54) is 5.56 Å². The number of pyridine rings is 1. The molecule has 2 heterocycles. The summed E-state index contributed by atoms with van der Waals surface area (Å²) in [5, 5.41) is 2.26. The van der Waals surface area contributed by atoms with Crippen LogP contribution in [0.1, 0.15) is 70.8 Å². The second kappa shape index (κ2) is 9.03. The zero-order valence-electron chi connectivity index (χ0n) is 19.0. The maximum Gasteiger partial charge on any atom is 0.419 e. The van der Waals surface area contributed by atoms with E-state index in [0.29, 0.717) is 0 Å². The molecule has 0 atom stereocenters. The van der Waals surface area contributed by atoms with E-state index in [-0.39, 0.29) is 6.09 Å². The number of carbonyl (C=O) groups is 1. The molecule has 0 radical (unpaired) electrons. The Morgan fingerprint density at radius 1 is 1.10 bits per heavy atom. The van der Waals surface area contributed by atoms with Gasteiger partial charge in [-0.05, 0) is 58.1 Å². The molecule has 0 bridgehead atoms. The number of fused-ring (bicyclic) bond motifs is 3. The van der Waals surface area contributed by atoms with E-state index < -0.39 is 5.60 Å². The average Bonchev–Trinajstić information content (AvgIpc) is 3.03. The molecule has 0 amide bonds. The van der Waals surface area contributed by atoms with Crippen LogP contribution in [0.15, 0.2) is 36.9 Å². The fraction of sp³-hybridized carbons (Fsp3) is 0.462. The number of allylic oxidation sites excluding steroid dienone is 1. The molecule has 0 N–H and O–H groups in total. The summed E-state index contributed by atoms with van der Waals surface area (Å²) in [7, 11) is 0. The fourth-order valence-corrected chi connectivity index (χ4v) is 4.12. The van der Waals surface area contributed by atoms with Crippen LogP contribution in [0.4, 0.5) is 4.79 Å². The average molecular weight is 407 g/mol. The smallest absolute Gasteiger partial charge is 0.419 e. The summed E-state index contributed by atoms with van der Waals surface area (Å²) >= 11 is 0. The predicted molar refractivity (Wildman–Crippen MR) is 125 cm³/mol. The molecule has 0 unspecified atom stereocenters. The third-order valence-corrected chi connectivity index (χ3v) is 5.22. The first-order chi connectivity index (χ1) is 14.3. The number of ether oxygens (including phenoxy) is 1. The van der Waals surface area contributed by atoms with Crippen molar-refractivity contribution in [3.05, 3.63) is 53.9 Å². The largest absolute Gasteiger partial charge is 0.443 e. The van der Waals surface area contributed by atoms with Crippen molar-refractivity contribution in [3.8, 4) is 0 Å². The van der Waals surface area contributed by atoms with Crippen molar-refractivity contribution in [1.29, 1.82) is 0 Å². The molecule has 2 aromatic heterocycles. The van der Waals surface area contributed by atoms with Gasteiger partial charge in [0.25, 0.3) is 0 Å². The van der Waals surface area contributed by atoms with Crippen LogP contribution in [0.25, 0.3) is 21.8 Å². The Morgan fingerprint density at radius 3 is 2.43 bits per heavy atom. The van der Waals surface area contributed by atoms with Crippen LogP contribution in [0.2, 0.25) is 0 Å². The zero-order valence-corrected chi connectivity index (χ0v) is 19.0. The number of carbonyl (C=O) groups excluding carboxylic acids is 1. The van der Waals surface area contributed by atoms with Crippen LogP contribution in [0.3, 0.4) is 0 Å². The van der Waals surface area contributed by atoms with E-state index in [0.717, 1.165) is 71.7 Å². The molecule has 3 rings (SSSR count). The molecule has 4 nitrogen and oxygen atoms in total. The normalized spacial score (nSPS) is 11.9. The lowest BCUT2D eigenvalue weighted by atomic mass is 9.97.